The molecule has 4 nitrogen and oxygen atoms in total. The molecule has 0 unspecified atom stereocenters. The Morgan fingerprint density at radius 3 is 2.77 bits per heavy atom. The fraction of sp³-hybridized carbons (Fsp3) is 0.467. The van der Waals surface area contributed by atoms with Gasteiger partial charge in [-0.15, -0.1) is 24.2 Å². The Balaban J connectivity index is 0.00000176. The molecule has 22 heavy (non-hydrogen) atoms. The number of benzene rings is 1. The van der Waals surface area contributed by atoms with E-state index in [2.05, 4.69) is 17.1 Å². The van der Waals surface area contributed by atoms with Crippen LogP contribution >= 0.6 is 35.8 Å². The van der Waals surface area contributed by atoms with Crippen molar-refractivity contribution in [2.75, 3.05) is 5.75 Å². The van der Waals surface area contributed by atoms with Gasteiger partial charge in [-0.05, 0) is 36.8 Å². The van der Waals surface area contributed by atoms with Crippen LogP contribution in [0.15, 0.2) is 27.6 Å². The maximum Gasteiger partial charge on any atom is 0.259 e. The maximum atomic E-state index is 6.38. The fourth-order valence-corrected chi connectivity index (χ4v) is 3.66. The van der Waals surface area contributed by atoms with Gasteiger partial charge in [-0.3, -0.25) is 0 Å². The van der Waals surface area contributed by atoms with E-state index in [9.17, 15) is 0 Å². The number of hydrogen-bond donors (Lipinski definition) is 1. The third kappa shape index (κ3) is 3.43. The summed E-state index contributed by atoms with van der Waals surface area (Å²) in [6.45, 7) is 2.11. The zero-order valence-electron chi connectivity index (χ0n) is 12.3. The van der Waals surface area contributed by atoms with Crippen molar-refractivity contribution in [2.45, 2.75) is 43.0 Å². The minimum Gasteiger partial charge on any atom is -0.334 e. The molecular formula is C15H19Cl2N3OS. The minimum atomic E-state index is -0.432. The molecule has 1 aromatic carbocycles. The summed E-state index contributed by atoms with van der Waals surface area (Å²) in [6.07, 6.45) is 4.07. The second-order valence-corrected chi connectivity index (χ2v) is 7.10. The van der Waals surface area contributed by atoms with Crippen molar-refractivity contribution in [2.24, 2.45) is 5.73 Å². The highest BCUT2D eigenvalue weighted by Gasteiger charge is 2.36. The molecule has 1 aliphatic rings. The number of rotatable bonds is 4. The predicted octanol–water partition coefficient (Wildman–Crippen LogP) is 4.65. The van der Waals surface area contributed by atoms with E-state index in [0.717, 1.165) is 41.9 Å². The number of halogens is 2. The van der Waals surface area contributed by atoms with Gasteiger partial charge in [0.1, 0.15) is 0 Å². The van der Waals surface area contributed by atoms with Crippen LogP contribution in [0.2, 0.25) is 5.02 Å². The molecule has 0 amide bonds. The Labute approximate surface area is 145 Å². The zero-order valence-corrected chi connectivity index (χ0v) is 14.7. The zero-order chi connectivity index (χ0) is 14.9. The largest absolute Gasteiger partial charge is 0.334 e. The van der Waals surface area contributed by atoms with Crippen LogP contribution in [0.4, 0.5) is 0 Å². The quantitative estimate of drug-likeness (QED) is 0.804. The highest BCUT2D eigenvalue weighted by molar-refractivity contribution is 7.99. The summed E-state index contributed by atoms with van der Waals surface area (Å²) in [5, 5.41) is 4.77. The average Bonchev–Trinajstić information content (AvgIpc) is 3.11. The molecule has 0 radical (unpaired) electrons. The lowest BCUT2D eigenvalue weighted by atomic mass is 9.99. The van der Waals surface area contributed by atoms with Gasteiger partial charge in [0.2, 0.25) is 0 Å². The van der Waals surface area contributed by atoms with Crippen molar-refractivity contribution < 1.29 is 4.52 Å². The van der Waals surface area contributed by atoms with Gasteiger partial charge in [0, 0.05) is 9.92 Å². The standard InChI is InChI=1S/C15H18ClN3OS.ClH/c1-2-21-12-6-5-10(16)9-11(12)13-18-14(19-20-13)15(17)7-3-4-8-15;/h5-6,9H,2-4,7-8,17H2,1H3;1H. The molecule has 7 heteroatoms. The Hall–Kier alpha value is -0.750. The smallest absolute Gasteiger partial charge is 0.259 e. The molecule has 2 N–H and O–H groups in total. The molecule has 1 saturated carbocycles. The number of aromatic nitrogens is 2. The number of nitrogens with two attached hydrogens (primary N) is 1. The lowest BCUT2D eigenvalue weighted by Crippen LogP contribution is -2.34. The van der Waals surface area contributed by atoms with Crippen LogP contribution in [0.5, 0.6) is 0 Å². The van der Waals surface area contributed by atoms with Crippen molar-refractivity contribution in [3.05, 3.63) is 29.0 Å². The summed E-state index contributed by atoms with van der Waals surface area (Å²) in [6, 6.07) is 5.74. The average molecular weight is 360 g/mol. The van der Waals surface area contributed by atoms with Crippen molar-refractivity contribution in [3.63, 3.8) is 0 Å². The van der Waals surface area contributed by atoms with Gasteiger partial charge < -0.3 is 10.3 Å². The molecule has 120 valence electrons. The molecule has 3 rings (SSSR count). The van der Waals surface area contributed by atoms with Crippen molar-refractivity contribution in [1.29, 1.82) is 0 Å². The van der Waals surface area contributed by atoms with Gasteiger partial charge in [-0.25, -0.2) is 0 Å². The third-order valence-electron chi connectivity index (χ3n) is 3.84. The molecule has 1 aliphatic carbocycles. The van der Waals surface area contributed by atoms with Gasteiger partial charge in [0.05, 0.1) is 11.1 Å². The molecule has 1 heterocycles. The molecule has 0 aliphatic heterocycles. The molecule has 0 spiro atoms. The first-order chi connectivity index (χ1) is 10.1. The first-order valence-corrected chi connectivity index (χ1v) is 8.54. The fourth-order valence-electron chi connectivity index (χ4n) is 2.72. The van der Waals surface area contributed by atoms with E-state index in [1.54, 1.807) is 11.8 Å². The van der Waals surface area contributed by atoms with E-state index in [1.165, 1.54) is 0 Å². The molecule has 2 aromatic rings. The van der Waals surface area contributed by atoms with Crippen LogP contribution in [0, 0.1) is 0 Å². The van der Waals surface area contributed by atoms with Crippen LogP contribution < -0.4 is 5.73 Å². The summed E-state index contributed by atoms with van der Waals surface area (Å²) in [5.41, 5.74) is 6.83. The Bertz CT molecular complexity index is 641. The van der Waals surface area contributed by atoms with Gasteiger partial charge in [-0.1, -0.05) is 36.5 Å². The molecule has 1 aromatic heterocycles. The Morgan fingerprint density at radius 1 is 1.36 bits per heavy atom. The Kier molecular flexibility index (Phi) is 5.77. The normalized spacial score (nSPS) is 16.5. The molecular weight excluding hydrogens is 341 g/mol. The summed E-state index contributed by atoms with van der Waals surface area (Å²) in [7, 11) is 0. The number of nitrogens with zero attached hydrogens (tertiary/aromatic N) is 2. The van der Waals surface area contributed by atoms with Crippen LogP contribution in [0.25, 0.3) is 11.5 Å². The number of hydrogen-bond acceptors (Lipinski definition) is 5. The molecule has 0 bridgehead atoms. The SMILES string of the molecule is CCSc1ccc(Cl)cc1-c1nc(C2(N)CCCC2)no1.Cl. The third-order valence-corrected chi connectivity index (χ3v) is 5.03. The van der Waals surface area contributed by atoms with Gasteiger partial charge in [-0.2, -0.15) is 4.98 Å². The first kappa shape index (κ1) is 17.6. The second-order valence-electron chi connectivity index (χ2n) is 5.36. The molecule has 0 atom stereocenters. The van der Waals surface area contributed by atoms with E-state index in [1.807, 2.05) is 18.2 Å². The minimum absolute atomic E-state index is 0. The summed E-state index contributed by atoms with van der Waals surface area (Å²) >= 11 is 7.83. The predicted molar refractivity (Wildman–Crippen MR) is 92.7 cm³/mol. The van der Waals surface area contributed by atoms with Gasteiger partial charge in [0.15, 0.2) is 5.82 Å². The lowest BCUT2D eigenvalue weighted by Gasteiger charge is -2.17. The first-order valence-electron chi connectivity index (χ1n) is 7.18. The highest BCUT2D eigenvalue weighted by Crippen LogP contribution is 2.37. The van der Waals surface area contributed by atoms with Crippen LogP contribution in [-0.2, 0) is 5.54 Å². The van der Waals surface area contributed by atoms with E-state index >= 15 is 0 Å². The maximum absolute atomic E-state index is 6.38. The van der Waals surface area contributed by atoms with Crippen LogP contribution in [-0.4, -0.2) is 15.9 Å². The van der Waals surface area contributed by atoms with E-state index in [0.29, 0.717) is 16.7 Å². The number of thioether (sulfide) groups is 1. The van der Waals surface area contributed by atoms with Gasteiger partial charge >= 0.3 is 0 Å². The summed E-state index contributed by atoms with van der Waals surface area (Å²) in [4.78, 5) is 5.64. The van der Waals surface area contributed by atoms with E-state index < -0.39 is 5.54 Å². The van der Waals surface area contributed by atoms with Crippen molar-refractivity contribution >= 4 is 35.8 Å². The van der Waals surface area contributed by atoms with Crippen LogP contribution in [0.1, 0.15) is 38.4 Å². The topological polar surface area (TPSA) is 64.9 Å². The monoisotopic (exact) mass is 359 g/mol. The van der Waals surface area contributed by atoms with Crippen LogP contribution in [0.3, 0.4) is 0 Å². The Morgan fingerprint density at radius 2 is 2.09 bits per heavy atom. The summed E-state index contributed by atoms with van der Waals surface area (Å²) < 4.78 is 5.46. The molecule has 0 saturated heterocycles. The highest BCUT2D eigenvalue weighted by atomic mass is 35.5. The van der Waals surface area contributed by atoms with E-state index in [4.69, 9.17) is 21.9 Å². The van der Waals surface area contributed by atoms with Crippen molar-refractivity contribution in [1.82, 2.24) is 10.1 Å². The van der Waals surface area contributed by atoms with Gasteiger partial charge in [0.25, 0.3) is 5.89 Å². The second kappa shape index (κ2) is 7.21. The van der Waals surface area contributed by atoms with E-state index in [-0.39, 0.29) is 12.4 Å². The lowest BCUT2D eigenvalue weighted by molar-refractivity contribution is 0.372. The summed E-state index contributed by atoms with van der Waals surface area (Å²) in [5.74, 6) is 2.08. The van der Waals surface area contributed by atoms with Crippen molar-refractivity contribution in [3.8, 4) is 11.5 Å². The molecule has 1 fully saturated rings.